The van der Waals surface area contributed by atoms with Crippen LogP contribution in [0.1, 0.15) is 16.2 Å². The number of hydrogen-bond donors (Lipinski definition) is 1. The third-order valence-electron chi connectivity index (χ3n) is 5.29. The zero-order valence-electron chi connectivity index (χ0n) is 17.7. The second-order valence-corrected chi connectivity index (χ2v) is 8.32. The highest BCUT2D eigenvalue weighted by atomic mass is 79.9. The largest absolute Gasteiger partial charge is 0.352 e. The van der Waals surface area contributed by atoms with Crippen molar-refractivity contribution in [1.82, 2.24) is 14.9 Å². The summed E-state index contributed by atoms with van der Waals surface area (Å²) in [6.07, 6.45) is 0.513. The SMILES string of the molecule is CN(C(=O)Cn1c(CCNC(=O)c2ccc(Br)cc2)nc2ccccc21)c1ccccc1. The lowest BCUT2D eigenvalue weighted by atomic mass is 10.2. The van der Waals surface area contributed by atoms with Crippen molar-refractivity contribution in [3.63, 3.8) is 0 Å². The molecule has 0 aliphatic rings. The van der Waals surface area contributed by atoms with Gasteiger partial charge in [0.1, 0.15) is 12.4 Å². The Morgan fingerprint density at radius 2 is 1.66 bits per heavy atom. The van der Waals surface area contributed by atoms with Crippen LogP contribution >= 0.6 is 15.9 Å². The van der Waals surface area contributed by atoms with Crippen LogP contribution in [0.5, 0.6) is 0 Å². The molecule has 4 aromatic rings. The fourth-order valence-corrected chi connectivity index (χ4v) is 3.79. The molecule has 0 spiro atoms. The van der Waals surface area contributed by atoms with E-state index in [0.29, 0.717) is 18.5 Å². The number of nitrogens with one attached hydrogen (secondary N) is 1. The highest BCUT2D eigenvalue weighted by Gasteiger charge is 2.17. The standard InChI is InChI=1S/C25H23BrN4O2/c1-29(20-7-3-2-4-8-20)24(31)17-30-22-10-6-5-9-21(22)28-23(30)15-16-27-25(32)18-11-13-19(26)14-12-18/h2-14H,15-17H2,1H3,(H,27,32). The Hall–Kier alpha value is -3.45. The summed E-state index contributed by atoms with van der Waals surface area (Å²) in [5, 5.41) is 2.94. The first-order valence-electron chi connectivity index (χ1n) is 10.3. The van der Waals surface area contributed by atoms with E-state index in [1.54, 1.807) is 24.1 Å². The fourth-order valence-electron chi connectivity index (χ4n) is 3.52. The molecule has 0 aliphatic heterocycles. The molecule has 0 unspecified atom stereocenters. The van der Waals surface area contributed by atoms with Crippen LogP contribution in [-0.4, -0.2) is 35.0 Å². The molecule has 6 nitrogen and oxygen atoms in total. The summed E-state index contributed by atoms with van der Waals surface area (Å²) < 4.78 is 2.86. The third-order valence-corrected chi connectivity index (χ3v) is 5.81. The number of rotatable bonds is 7. The van der Waals surface area contributed by atoms with E-state index in [0.717, 1.165) is 27.0 Å². The van der Waals surface area contributed by atoms with Crippen LogP contribution in [0.4, 0.5) is 5.69 Å². The summed E-state index contributed by atoms with van der Waals surface area (Å²) in [6.45, 7) is 0.586. The van der Waals surface area contributed by atoms with Crippen molar-refractivity contribution in [2.75, 3.05) is 18.5 Å². The number of aromatic nitrogens is 2. The molecule has 1 N–H and O–H groups in total. The topological polar surface area (TPSA) is 67.2 Å². The van der Waals surface area contributed by atoms with Gasteiger partial charge in [0.25, 0.3) is 5.91 Å². The monoisotopic (exact) mass is 490 g/mol. The number of carbonyl (C=O) groups excluding carboxylic acids is 2. The van der Waals surface area contributed by atoms with Crippen molar-refractivity contribution >= 4 is 44.5 Å². The first-order chi connectivity index (χ1) is 15.5. The Morgan fingerprint density at radius 3 is 2.41 bits per heavy atom. The van der Waals surface area contributed by atoms with Gasteiger partial charge < -0.3 is 14.8 Å². The lowest BCUT2D eigenvalue weighted by Crippen LogP contribution is -2.31. The van der Waals surface area contributed by atoms with Crippen LogP contribution < -0.4 is 10.2 Å². The fraction of sp³-hybridized carbons (Fsp3) is 0.160. The van der Waals surface area contributed by atoms with E-state index in [1.807, 2.05) is 71.3 Å². The summed E-state index contributed by atoms with van der Waals surface area (Å²) in [7, 11) is 1.77. The summed E-state index contributed by atoms with van der Waals surface area (Å²) in [5.41, 5.74) is 3.17. The second kappa shape index (κ2) is 9.78. The smallest absolute Gasteiger partial charge is 0.251 e. The maximum atomic E-state index is 13.0. The maximum Gasteiger partial charge on any atom is 0.251 e. The quantitative estimate of drug-likeness (QED) is 0.416. The average molecular weight is 491 g/mol. The minimum atomic E-state index is -0.139. The number of anilines is 1. The molecule has 7 heteroatoms. The highest BCUT2D eigenvalue weighted by molar-refractivity contribution is 9.10. The Kier molecular flexibility index (Phi) is 6.66. The Bertz CT molecular complexity index is 1240. The molecule has 4 rings (SSSR count). The van der Waals surface area contributed by atoms with Crippen molar-refractivity contribution in [2.24, 2.45) is 0 Å². The number of hydrogen-bond acceptors (Lipinski definition) is 3. The number of nitrogens with zero attached hydrogens (tertiary/aromatic N) is 3. The van der Waals surface area contributed by atoms with E-state index in [9.17, 15) is 9.59 Å². The first kappa shape index (κ1) is 21.8. The Labute approximate surface area is 195 Å². The maximum absolute atomic E-state index is 13.0. The van der Waals surface area contributed by atoms with Gasteiger partial charge in [-0.05, 0) is 48.5 Å². The van der Waals surface area contributed by atoms with Gasteiger partial charge >= 0.3 is 0 Å². The summed E-state index contributed by atoms with van der Waals surface area (Å²) in [6, 6.07) is 24.5. The number of imidazole rings is 1. The molecular formula is C25H23BrN4O2. The van der Waals surface area contributed by atoms with Gasteiger partial charge in [-0.1, -0.05) is 46.3 Å². The Morgan fingerprint density at radius 1 is 0.969 bits per heavy atom. The summed E-state index contributed by atoms with van der Waals surface area (Å²) in [4.78, 5) is 31.8. The van der Waals surface area contributed by atoms with Crippen LogP contribution in [-0.2, 0) is 17.8 Å². The second-order valence-electron chi connectivity index (χ2n) is 7.40. The van der Waals surface area contributed by atoms with E-state index in [2.05, 4.69) is 21.2 Å². The first-order valence-corrected chi connectivity index (χ1v) is 11.1. The number of likely N-dealkylation sites (N-methyl/N-ethyl adjacent to an activating group) is 1. The molecule has 32 heavy (non-hydrogen) atoms. The van der Waals surface area contributed by atoms with E-state index < -0.39 is 0 Å². The minimum absolute atomic E-state index is 0.0421. The summed E-state index contributed by atoms with van der Waals surface area (Å²) >= 11 is 3.37. The molecule has 2 amide bonds. The van der Waals surface area contributed by atoms with Gasteiger partial charge in [-0.15, -0.1) is 0 Å². The molecule has 0 bridgehead atoms. The van der Waals surface area contributed by atoms with Crippen LogP contribution in [0.15, 0.2) is 83.3 Å². The van der Waals surface area contributed by atoms with E-state index in [-0.39, 0.29) is 18.4 Å². The van der Waals surface area contributed by atoms with E-state index in [4.69, 9.17) is 4.98 Å². The molecular weight excluding hydrogens is 468 g/mol. The lowest BCUT2D eigenvalue weighted by molar-refractivity contribution is -0.118. The molecule has 0 fully saturated rings. The van der Waals surface area contributed by atoms with Gasteiger partial charge in [0, 0.05) is 35.7 Å². The number of fused-ring (bicyclic) bond motifs is 1. The van der Waals surface area contributed by atoms with Gasteiger partial charge in [0.15, 0.2) is 0 Å². The molecule has 0 saturated heterocycles. The molecule has 0 aliphatic carbocycles. The van der Waals surface area contributed by atoms with E-state index >= 15 is 0 Å². The predicted molar refractivity (Wildman–Crippen MR) is 130 cm³/mol. The van der Waals surface area contributed by atoms with Gasteiger partial charge in [0.2, 0.25) is 5.91 Å². The van der Waals surface area contributed by atoms with Crippen molar-refractivity contribution in [1.29, 1.82) is 0 Å². The molecule has 1 heterocycles. The van der Waals surface area contributed by atoms with Crippen molar-refractivity contribution in [2.45, 2.75) is 13.0 Å². The molecule has 0 radical (unpaired) electrons. The predicted octanol–water partition coefficient (Wildman–Crippen LogP) is 4.43. The minimum Gasteiger partial charge on any atom is -0.352 e. The van der Waals surface area contributed by atoms with Gasteiger partial charge in [-0.2, -0.15) is 0 Å². The van der Waals surface area contributed by atoms with Gasteiger partial charge in [-0.25, -0.2) is 4.98 Å². The third kappa shape index (κ3) is 4.89. The molecule has 0 atom stereocenters. The zero-order valence-corrected chi connectivity index (χ0v) is 19.2. The number of carbonyl (C=O) groups is 2. The molecule has 1 aromatic heterocycles. The Balaban J connectivity index is 1.49. The van der Waals surface area contributed by atoms with Crippen molar-refractivity contribution in [3.8, 4) is 0 Å². The van der Waals surface area contributed by atoms with Crippen molar-refractivity contribution in [3.05, 3.63) is 94.7 Å². The molecule has 3 aromatic carbocycles. The van der Waals surface area contributed by atoms with E-state index in [1.165, 1.54) is 0 Å². The summed E-state index contributed by atoms with van der Waals surface area (Å²) in [5.74, 6) is 0.580. The van der Waals surface area contributed by atoms with Gasteiger partial charge in [-0.3, -0.25) is 9.59 Å². The zero-order chi connectivity index (χ0) is 22.5. The normalized spacial score (nSPS) is 10.8. The lowest BCUT2D eigenvalue weighted by Gasteiger charge is -2.18. The van der Waals surface area contributed by atoms with Crippen LogP contribution in [0.25, 0.3) is 11.0 Å². The molecule has 162 valence electrons. The number of halogens is 1. The van der Waals surface area contributed by atoms with Crippen LogP contribution in [0, 0.1) is 0 Å². The number of para-hydroxylation sites is 3. The van der Waals surface area contributed by atoms with Crippen LogP contribution in [0.2, 0.25) is 0 Å². The van der Waals surface area contributed by atoms with Crippen LogP contribution in [0.3, 0.4) is 0 Å². The molecule has 0 saturated carbocycles. The van der Waals surface area contributed by atoms with Crippen molar-refractivity contribution < 1.29 is 9.59 Å². The van der Waals surface area contributed by atoms with Gasteiger partial charge in [0.05, 0.1) is 11.0 Å². The number of benzene rings is 3. The average Bonchev–Trinajstić information content (AvgIpc) is 3.16. The number of amides is 2. The highest BCUT2D eigenvalue weighted by Crippen LogP contribution is 2.18.